The first-order valence-corrected chi connectivity index (χ1v) is 12.4. The molecule has 0 saturated carbocycles. The molecular weight excluding hydrogens is 620 g/mol. The summed E-state index contributed by atoms with van der Waals surface area (Å²) < 4.78 is 18.9. The Morgan fingerprint density at radius 2 is 1.29 bits per heavy atom. The summed E-state index contributed by atoms with van der Waals surface area (Å²) in [6, 6.07) is 15.8. The van der Waals surface area contributed by atoms with E-state index >= 15 is 0 Å². The second kappa shape index (κ2) is 14.2. The molecule has 0 aliphatic heterocycles. The van der Waals surface area contributed by atoms with E-state index in [1.165, 1.54) is 7.14 Å². The maximum Gasteiger partial charge on any atom is 0.306 e. The predicted molar refractivity (Wildman–Crippen MR) is 143 cm³/mol. The van der Waals surface area contributed by atoms with Crippen molar-refractivity contribution in [1.82, 2.24) is 0 Å². The lowest BCUT2D eigenvalue weighted by molar-refractivity contribution is -0.155. The smallest absolute Gasteiger partial charge is 0.306 e. The zero-order chi connectivity index (χ0) is 23.4. The van der Waals surface area contributed by atoms with E-state index in [1.807, 2.05) is 83.1 Å². The summed E-state index contributed by atoms with van der Waals surface area (Å²) in [5, 5.41) is 0. The molecule has 5 nitrogen and oxygen atoms in total. The number of rotatable bonds is 8. The first-order valence-electron chi connectivity index (χ1n) is 10.2. The Hall–Kier alpha value is -1.07. The van der Waals surface area contributed by atoms with Crippen molar-refractivity contribution in [1.29, 1.82) is 0 Å². The van der Waals surface area contributed by atoms with Crippen molar-refractivity contribution in [3.63, 3.8) is 0 Å². The second-order valence-corrected chi connectivity index (χ2v) is 10.6. The summed E-state index contributed by atoms with van der Waals surface area (Å²) >= 11 is 4.51. The van der Waals surface area contributed by atoms with Crippen molar-refractivity contribution in [2.45, 2.75) is 65.3 Å². The van der Waals surface area contributed by atoms with Crippen molar-refractivity contribution in [3.05, 3.63) is 55.7 Å². The number of benzene rings is 2. The van der Waals surface area contributed by atoms with Crippen LogP contribution in [-0.2, 0) is 9.53 Å². The Balaban J connectivity index is 0.000000343. The molecule has 0 aliphatic carbocycles. The number of nitrogens with two attached hydrogens (primary N) is 1. The third kappa shape index (κ3) is 13.8. The Bertz CT molecular complexity index is 774. The van der Waals surface area contributed by atoms with Gasteiger partial charge < -0.3 is 19.9 Å². The number of hydrogen-bond donors (Lipinski definition) is 1. The van der Waals surface area contributed by atoms with Crippen LogP contribution in [-0.4, -0.2) is 30.3 Å². The summed E-state index contributed by atoms with van der Waals surface area (Å²) in [5.41, 5.74) is 5.00. The Kier molecular flexibility index (Phi) is 12.8. The highest BCUT2D eigenvalue weighted by atomic mass is 127. The normalized spacial score (nSPS) is 12.8. The van der Waals surface area contributed by atoms with E-state index in [0.717, 1.165) is 11.5 Å². The molecule has 31 heavy (non-hydrogen) atoms. The average molecular weight is 653 g/mol. The van der Waals surface area contributed by atoms with Crippen LogP contribution in [0.5, 0.6) is 11.5 Å². The van der Waals surface area contributed by atoms with Crippen LogP contribution < -0.4 is 15.2 Å². The number of carbonyl (C=O) groups excluding carboxylic acids is 1. The number of hydrogen-bond acceptors (Lipinski definition) is 5. The predicted octanol–water partition coefficient (Wildman–Crippen LogP) is 6.20. The van der Waals surface area contributed by atoms with Gasteiger partial charge >= 0.3 is 5.97 Å². The lowest BCUT2D eigenvalue weighted by Gasteiger charge is -2.20. The molecular formula is C24H33I2NO4. The molecule has 0 fully saturated rings. The van der Waals surface area contributed by atoms with E-state index in [2.05, 4.69) is 45.2 Å². The monoisotopic (exact) mass is 653 g/mol. The van der Waals surface area contributed by atoms with E-state index in [1.54, 1.807) is 0 Å². The molecule has 0 amide bonds. The number of ether oxygens (including phenoxy) is 3. The second-order valence-electron chi connectivity index (χ2n) is 8.13. The number of esters is 1. The zero-order valence-corrected chi connectivity index (χ0v) is 23.2. The van der Waals surface area contributed by atoms with Crippen molar-refractivity contribution < 1.29 is 19.0 Å². The van der Waals surface area contributed by atoms with Gasteiger partial charge in [-0.15, -0.1) is 0 Å². The van der Waals surface area contributed by atoms with Crippen molar-refractivity contribution >= 4 is 51.2 Å². The first-order chi connectivity index (χ1) is 14.5. The summed E-state index contributed by atoms with van der Waals surface area (Å²) in [6.07, 6.45) is 1.11. The minimum atomic E-state index is -0.419. The van der Waals surface area contributed by atoms with E-state index in [9.17, 15) is 4.79 Å². The van der Waals surface area contributed by atoms with Crippen LogP contribution in [0, 0.1) is 7.14 Å². The molecule has 0 aromatic heterocycles. The highest BCUT2D eigenvalue weighted by Gasteiger charge is 2.17. The molecule has 0 spiro atoms. The summed E-state index contributed by atoms with van der Waals surface area (Å²) in [6.45, 7) is 10.1. The van der Waals surface area contributed by atoms with E-state index < -0.39 is 5.60 Å². The Morgan fingerprint density at radius 1 is 0.871 bits per heavy atom. The summed E-state index contributed by atoms with van der Waals surface area (Å²) in [4.78, 5) is 11.6. The largest absolute Gasteiger partial charge is 0.491 e. The minimum Gasteiger partial charge on any atom is -0.491 e. The van der Waals surface area contributed by atoms with Crippen LogP contribution in [0.3, 0.4) is 0 Å². The van der Waals surface area contributed by atoms with Gasteiger partial charge in [0.25, 0.3) is 0 Å². The van der Waals surface area contributed by atoms with Gasteiger partial charge in [0.2, 0.25) is 0 Å². The molecule has 0 aliphatic rings. The molecule has 2 rings (SSSR count). The van der Waals surface area contributed by atoms with Gasteiger partial charge in [-0.3, -0.25) is 4.79 Å². The van der Waals surface area contributed by atoms with Gasteiger partial charge in [-0.05, 0) is 135 Å². The quantitative estimate of drug-likeness (QED) is 0.272. The van der Waals surface area contributed by atoms with Gasteiger partial charge in [-0.1, -0.05) is 0 Å². The third-order valence-electron chi connectivity index (χ3n) is 3.81. The van der Waals surface area contributed by atoms with Gasteiger partial charge in [-0.2, -0.15) is 0 Å². The SMILES string of the molecule is CC(CCC(=O)OC(C)(C)C)Oc1ccc(I)cc1.CC(CN)Oc1ccc(I)cc1. The molecule has 0 saturated heterocycles. The zero-order valence-electron chi connectivity index (χ0n) is 18.9. The Morgan fingerprint density at radius 3 is 1.68 bits per heavy atom. The molecule has 2 N–H and O–H groups in total. The lowest BCUT2D eigenvalue weighted by Crippen LogP contribution is -2.25. The first kappa shape index (κ1) is 28.0. The molecule has 2 atom stereocenters. The fourth-order valence-corrected chi connectivity index (χ4v) is 3.03. The standard InChI is InChI=1S/C15H21IO3.C9H12INO/c1-11(5-10-14(17)19-15(2,3)4)18-13-8-6-12(16)7-9-13;1-7(6-11)12-9-4-2-8(10)3-5-9/h6-9,11H,5,10H2,1-4H3;2-5,7H,6,11H2,1H3. The molecule has 2 unspecified atom stereocenters. The van der Waals surface area contributed by atoms with Gasteiger partial charge in [-0.25, -0.2) is 0 Å². The number of halogens is 2. The van der Waals surface area contributed by atoms with Crippen LogP contribution in [0.2, 0.25) is 0 Å². The lowest BCUT2D eigenvalue weighted by atomic mass is 10.2. The van der Waals surface area contributed by atoms with Crippen molar-refractivity contribution in [2.75, 3.05) is 6.54 Å². The van der Waals surface area contributed by atoms with Crippen LogP contribution in [0.25, 0.3) is 0 Å². The van der Waals surface area contributed by atoms with Gasteiger partial charge in [0.1, 0.15) is 23.2 Å². The molecule has 2 aromatic rings. The summed E-state index contributed by atoms with van der Waals surface area (Å²) in [7, 11) is 0. The molecule has 172 valence electrons. The van der Waals surface area contributed by atoms with Crippen molar-refractivity contribution in [2.24, 2.45) is 5.73 Å². The highest BCUT2D eigenvalue weighted by Crippen LogP contribution is 2.17. The molecule has 2 aromatic carbocycles. The molecule has 0 bridgehead atoms. The van der Waals surface area contributed by atoms with Gasteiger partial charge in [0.05, 0.1) is 6.10 Å². The molecule has 0 radical (unpaired) electrons. The maximum atomic E-state index is 11.6. The molecule has 0 heterocycles. The fourth-order valence-electron chi connectivity index (χ4n) is 2.31. The third-order valence-corrected chi connectivity index (χ3v) is 5.25. The van der Waals surface area contributed by atoms with E-state index in [0.29, 0.717) is 19.4 Å². The Labute approximate surface area is 213 Å². The van der Waals surface area contributed by atoms with Gasteiger partial charge in [0, 0.05) is 20.1 Å². The van der Waals surface area contributed by atoms with Gasteiger partial charge in [0.15, 0.2) is 0 Å². The fraction of sp³-hybridized carbons (Fsp3) is 0.458. The maximum absolute atomic E-state index is 11.6. The topological polar surface area (TPSA) is 70.8 Å². The van der Waals surface area contributed by atoms with Crippen LogP contribution >= 0.6 is 45.2 Å². The van der Waals surface area contributed by atoms with Crippen LogP contribution in [0.4, 0.5) is 0 Å². The van der Waals surface area contributed by atoms with E-state index in [-0.39, 0.29) is 18.2 Å². The highest BCUT2D eigenvalue weighted by molar-refractivity contribution is 14.1. The average Bonchev–Trinajstić information content (AvgIpc) is 2.69. The molecule has 7 heteroatoms. The number of carbonyl (C=O) groups is 1. The summed E-state index contributed by atoms with van der Waals surface area (Å²) in [5.74, 6) is 1.54. The van der Waals surface area contributed by atoms with Crippen LogP contribution in [0.15, 0.2) is 48.5 Å². The van der Waals surface area contributed by atoms with E-state index in [4.69, 9.17) is 19.9 Å². The minimum absolute atomic E-state index is 0.00687. The van der Waals surface area contributed by atoms with Crippen LogP contribution in [0.1, 0.15) is 47.5 Å². The van der Waals surface area contributed by atoms with Crippen molar-refractivity contribution in [3.8, 4) is 11.5 Å².